The van der Waals surface area contributed by atoms with E-state index in [4.69, 9.17) is 5.11 Å². The molecule has 26 heavy (non-hydrogen) atoms. The number of fused-ring (bicyclic) bond motifs is 1. The number of hydrogen-bond donors (Lipinski definition) is 2. The number of aliphatic hydroxyl groups is 1. The van der Waals surface area contributed by atoms with Gasteiger partial charge >= 0.3 is 0 Å². The van der Waals surface area contributed by atoms with Gasteiger partial charge in [-0.05, 0) is 17.7 Å². The Labute approximate surface area is 147 Å². The molecule has 0 radical (unpaired) electrons. The smallest absolute Gasteiger partial charge is 0.229 e. The molecule has 0 aliphatic carbocycles. The first kappa shape index (κ1) is 16.2. The Balaban J connectivity index is 1.59. The average Bonchev–Trinajstić information content (AvgIpc) is 3.23. The van der Waals surface area contributed by atoms with Crippen molar-refractivity contribution in [3.05, 3.63) is 60.4 Å². The van der Waals surface area contributed by atoms with Crippen LogP contribution in [0.5, 0.6) is 0 Å². The van der Waals surface area contributed by atoms with Crippen molar-refractivity contribution in [2.24, 2.45) is 0 Å². The lowest BCUT2D eigenvalue weighted by molar-refractivity contribution is 0.269. The van der Waals surface area contributed by atoms with Crippen LogP contribution in [0.4, 0.5) is 16.0 Å². The molecule has 0 spiro atoms. The van der Waals surface area contributed by atoms with E-state index < -0.39 is 0 Å². The molecule has 2 N–H and O–H groups in total. The molecule has 1 aromatic carbocycles. The number of aromatic nitrogens is 6. The van der Waals surface area contributed by atoms with Crippen LogP contribution < -0.4 is 5.32 Å². The van der Waals surface area contributed by atoms with Crippen molar-refractivity contribution in [2.45, 2.75) is 13.1 Å². The standard InChI is InChI=1S/C17H16FN7O/c18-14-3-1-2-12(6-14)10-25-16-13(8-21-25)7-19-17(23-16)22-15-9-20-24(11-15)4-5-26/h1-3,6-9,11,26H,4-5,10H2,(H,19,22,23). The summed E-state index contributed by atoms with van der Waals surface area (Å²) in [6.45, 7) is 0.844. The SMILES string of the molecule is OCCn1cc(Nc2ncc3cnn(Cc4cccc(F)c4)c3n2)cn1. The molecule has 0 aliphatic rings. The number of rotatable bonds is 6. The number of anilines is 2. The van der Waals surface area contributed by atoms with Crippen molar-refractivity contribution in [1.82, 2.24) is 29.5 Å². The van der Waals surface area contributed by atoms with Crippen LogP contribution >= 0.6 is 0 Å². The molecule has 3 aromatic heterocycles. The van der Waals surface area contributed by atoms with E-state index in [0.29, 0.717) is 30.4 Å². The third-order valence-electron chi connectivity index (χ3n) is 3.82. The lowest BCUT2D eigenvalue weighted by atomic mass is 10.2. The highest BCUT2D eigenvalue weighted by molar-refractivity contribution is 5.75. The van der Waals surface area contributed by atoms with Crippen LogP contribution in [0, 0.1) is 5.82 Å². The third kappa shape index (κ3) is 3.38. The lowest BCUT2D eigenvalue weighted by Crippen LogP contribution is -2.04. The molecule has 9 heteroatoms. The van der Waals surface area contributed by atoms with Crippen molar-refractivity contribution in [3.8, 4) is 0 Å². The largest absolute Gasteiger partial charge is 0.394 e. The summed E-state index contributed by atoms with van der Waals surface area (Å²) in [4.78, 5) is 8.77. The quantitative estimate of drug-likeness (QED) is 0.550. The second-order valence-corrected chi connectivity index (χ2v) is 5.75. The molecule has 8 nitrogen and oxygen atoms in total. The van der Waals surface area contributed by atoms with Gasteiger partial charge in [0.05, 0.1) is 43.2 Å². The van der Waals surface area contributed by atoms with Crippen LogP contribution in [0.1, 0.15) is 5.56 Å². The maximum atomic E-state index is 13.4. The van der Waals surface area contributed by atoms with Gasteiger partial charge in [0.1, 0.15) is 5.82 Å². The van der Waals surface area contributed by atoms with Crippen LogP contribution in [-0.4, -0.2) is 41.2 Å². The van der Waals surface area contributed by atoms with E-state index >= 15 is 0 Å². The third-order valence-corrected chi connectivity index (χ3v) is 3.82. The zero-order valence-corrected chi connectivity index (χ0v) is 13.7. The van der Waals surface area contributed by atoms with Crippen molar-refractivity contribution in [2.75, 3.05) is 11.9 Å². The molecule has 3 heterocycles. The lowest BCUT2D eigenvalue weighted by Gasteiger charge is -2.05. The molecule has 0 amide bonds. The van der Waals surface area contributed by atoms with Gasteiger partial charge in [-0.25, -0.2) is 14.1 Å². The molecular formula is C17H16FN7O. The molecular weight excluding hydrogens is 337 g/mol. The Bertz CT molecular complexity index is 1040. The van der Waals surface area contributed by atoms with E-state index in [1.807, 2.05) is 6.07 Å². The number of halogens is 1. The molecule has 0 saturated heterocycles. The average molecular weight is 353 g/mol. The molecule has 4 aromatic rings. The van der Waals surface area contributed by atoms with Gasteiger partial charge in [0.2, 0.25) is 5.95 Å². The first-order valence-corrected chi connectivity index (χ1v) is 8.04. The first-order valence-electron chi connectivity index (χ1n) is 8.04. The van der Waals surface area contributed by atoms with Gasteiger partial charge in [0.25, 0.3) is 0 Å². The Morgan fingerprint density at radius 2 is 2.08 bits per heavy atom. The summed E-state index contributed by atoms with van der Waals surface area (Å²) in [6.07, 6.45) is 6.75. The van der Waals surface area contributed by atoms with E-state index in [1.165, 1.54) is 12.1 Å². The van der Waals surface area contributed by atoms with Crippen LogP contribution in [0.15, 0.2) is 49.1 Å². The van der Waals surface area contributed by atoms with E-state index in [-0.39, 0.29) is 12.4 Å². The number of aliphatic hydroxyl groups excluding tert-OH is 1. The van der Waals surface area contributed by atoms with Gasteiger partial charge in [-0.1, -0.05) is 12.1 Å². The summed E-state index contributed by atoms with van der Waals surface area (Å²) < 4.78 is 16.7. The predicted octanol–water partition coefficient (Wildman–Crippen LogP) is 1.95. The molecule has 0 saturated carbocycles. The van der Waals surface area contributed by atoms with Crippen molar-refractivity contribution < 1.29 is 9.50 Å². The summed E-state index contributed by atoms with van der Waals surface area (Å²) in [7, 11) is 0. The maximum Gasteiger partial charge on any atom is 0.229 e. The van der Waals surface area contributed by atoms with Crippen LogP contribution in [0.3, 0.4) is 0 Å². The Kier molecular flexibility index (Phi) is 4.28. The summed E-state index contributed by atoms with van der Waals surface area (Å²) in [5.41, 5.74) is 2.16. The summed E-state index contributed by atoms with van der Waals surface area (Å²) in [5, 5.41) is 21.3. The molecule has 132 valence electrons. The van der Waals surface area contributed by atoms with Crippen LogP contribution in [0.2, 0.25) is 0 Å². The summed E-state index contributed by atoms with van der Waals surface area (Å²) in [5.74, 6) is 0.123. The van der Waals surface area contributed by atoms with E-state index in [0.717, 1.165) is 10.9 Å². The minimum atomic E-state index is -0.282. The zero-order chi connectivity index (χ0) is 17.9. The minimum Gasteiger partial charge on any atom is -0.394 e. The topological polar surface area (TPSA) is 93.7 Å². The molecule has 0 fully saturated rings. The molecule has 4 rings (SSSR count). The monoisotopic (exact) mass is 353 g/mol. The molecule has 0 aliphatic heterocycles. The van der Waals surface area contributed by atoms with Crippen LogP contribution in [0.25, 0.3) is 11.0 Å². The van der Waals surface area contributed by atoms with Gasteiger partial charge in [0, 0.05) is 12.4 Å². The highest BCUT2D eigenvalue weighted by Crippen LogP contribution is 2.17. The Morgan fingerprint density at radius 1 is 1.15 bits per heavy atom. The highest BCUT2D eigenvalue weighted by atomic mass is 19.1. The van der Waals surface area contributed by atoms with E-state index in [2.05, 4.69) is 25.5 Å². The fourth-order valence-electron chi connectivity index (χ4n) is 2.63. The molecule has 0 unspecified atom stereocenters. The number of nitrogens with zero attached hydrogens (tertiary/aromatic N) is 6. The van der Waals surface area contributed by atoms with Crippen molar-refractivity contribution in [1.29, 1.82) is 0 Å². The molecule has 0 bridgehead atoms. The van der Waals surface area contributed by atoms with E-state index in [1.54, 1.807) is 40.2 Å². The Hall–Kier alpha value is -3.33. The number of nitrogens with one attached hydrogen (secondary N) is 1. The first-order chi connectivity index (χ1) is 12.7. The van der Waals surface area contributed by atoms with Gasteiger partial charge in [0.15, 0.2) is 5.65 Å². The van der Waals surface area contributed by atoms with Crippen molar-refractivity contribution >= 4 is 22.7 Å². The summed E-state index contributed by atoms with van der Waals surface area (Å²) >= 11 is 0. The number of hydrogen-bond acceptors (Lipinski definition) is 6. The van der Waals surface area contributed by atoms with Gasteiger partial charge in [-0.2, -0.15) is 15.2 Å². The molecule has 0 atom stereocenters. The van der Waals surface area contributed by atoms with Gasteiger partial charge in [-0.3, -0.25) is 4.68 Å². The number of benzene rings is 1. The Morgan fingerprint density at radius 3 is 2.92 bits per heavy atom. The summed E-state index contributed by atoms with van der Waals surface area (Å²) in [6, 6.07) is 6.39. The second-order valence-electron chi connectivity index (χ2n) is 5.75. The maximum absolute atomic E-state index is 13.4. The van der Waals surface area contributed by atoms with Gasteiger partial charge in [-0.15, -0.1) is 0 Å². The van der Waals surface area contributed by atoms with Gasteiger partial charge < -0.3 is 10.4 Å². The highest BCUT2D eigenvalue weighted by Gasteiger charge is 2.09. The van der Waals surface area contributed by atoms with Crippen molar-refractivity contribution in [3.63, 3.8) is 0 Å². The minimum absolute atomic E-state index is 0.0167. The predicted molar refractivity (Wildman–Crippen MR) is 93.4 cm³/mol. The second kappa shape index (κ2) is 6.89. The normalized spacial score (nSPS) is 11.2. The van der Waals surface area contributed by atoms with Crippen LogP contribution in [-0.2, 0) is 13.1 Å². The fraction of sp³-hybridized carbons (Fsp3) is 0.176. The zero-order valence-electron chi connectivity index (χ0n) is 13.7. The fourth-order valence-corrected chi connectivity index (χ4v) is 2.63. The van der Waals surface area contributed by atoms with E-state index in [9.17, 15) is 4.39 Å².